The molecule has 130 valence electrons. The molecule has 25 heavy (non-hydrogen) atoms. The Morgan fingerprint density at radius 2 is 1.92 bits per heavy atom. The predicted octanol–water partition coefficient (Wildman–Crippen LogP) is 3.58. The third-order valence-corrected chi connectivity index (χ3v) is 5.03. The minimum absolute atomic E-state index is 0.243. The number of anilines is 1. The van der Waals surface area contributed by atoms with E-state index in [1.54, 1.807) is 19.1 Å². The minimum Gasteiger partial charge on any atom is -0.355 e. The van der Waals surface area contributed by atoms with Crippen LogP contribution in [0.2, 0.25) is 0 Å². The summed E-state index contributed by atoms with van der Waals surface area (Å²) in [7, 11) is 0. The zero-order valence-corrected chi connectivity index (χ0v) is 14.7. The number of ether oxygens (including phenoxy) is 1. The van der Waals surface area contributed by atoms with Gasteiger partial charge in [-0.3, -0.25) is 9.69 Å². The first-order valence-electron chi connectivity index (χ1n) is 8.23. The number of amides is 1. The summed E-state index contributed by atoms with van der Waals surface area (Å²) in [6, 6.07) is 5.69. The van der Waals surface area contributed by atoms with Gasteiger partial charge in [-0.15, -0.1) is 0 Å². The lowest BCUT2D eigenvalue weighted by atomic mass is 9.77. The highest BCUT2D eigenvalue weighted by atomic mass is 19.1. The van der Waals surface area contributed by atoms with Gasteiger partial charge in [-0.25, -0.2) is 9.18 Å². The van der Waals surface area contributed by atoms with E-state index in [2.05, 4.69) is 0 Å². The standard InChI is InChI=1S/C20H20FNO3/c1-5-25-20(4)18-16(10-12(2)13(3)17(18)11-23)19(24)22(20)15-8-6-14(21)7-9-15/h6-10,18H,5H2,1-4H3. The van der Waals surface area contributed by atoms with Crippen molar-refractivity contribution in [3.63, 3.8) is 0 Å². The van der Waals surface area contributed by atoms with Crippen LogP contribution in [0, 0.1) is 11.7 Å². The third-order valence-electron chi connectivity index (χ3n) is 5.03. The number of benzene rings is 1. The Hall–Kier alpha value is -2.49. The largest absolute Gasteiger partial charge is 0.355 e. The molecule has 5 heteroatoms. The predicted molar refractivity (Wildman–Crippen MR) is 93.1 cm³/mol. The molecule has 0 aromatic heterocycles. The first-order chi connectivity index (χ1) is 11.8. The van der Waals surface area contributed by atoms with Crippen LogP contribution in [0.4, 0.5) is 10.1 Å². The molecule has 1 aliphatic carbocycles. The highest BCUT2D eigenvalue weighted by Crippen LogP contribution is 2.50. The maximum absolute atomic E-state index is 13.3. The van der Waals surface area contributed by atoms with Crippen molar-refractivity contribution in [3.05, 3.63) is 58.5 Å². The van der Waals surface area contributed by atoms with Crippen molar-refractivity contribution in [1.29, 1.82) is 0 Å². The van der Waals surface area contributed by atoms with Crippen LogP contribution >= 0.6 is 0 Å². The quantitative estimate of drug-likeness (QED) is 0.790. The molecule has 1 heterocycles. The topological polar surface area (TPSA) is 46.6 Å². The van der Waals surface area contributed by atoms with E-state index < -0.39 is 11.6 Å². The summed E-state index contributed by atoms with van der Waals surface area (Å²) in [6.07, 6.45) is 1.81. The Bertz CT molecular complexity index is 846. The minimum atomic E-state index is -1.08. The molecule has 4 nitrogen and oxygen atoms in total. The molecule has 0 radical (unpaired) electrons. The molecule has 0 bridgehead atoms. The molecule has 1 aromatic carbocycles. The van der Waals surface area contributed by atoms with Gasteiger partial charge in [0, 0.05) is 17.9 Å². The van der Waals surface area contributed by atoms with Crippen LogP contribution in [0.15, 0.2) is 52.6 Å². The highest BCUT2D eigenvalue weighted by molar-refractivity contribution is 6.12. The van der Waals surface area contributed by atoms with Gasteiger partial charge in [0.15, 0.2) is 5.72 Å². The molecule has 1 fully saturated rings. The van der Waals surface area contributed by atoms with Crippen molar-refractivity contribution in [1.82, 2.24) is 0 Å². The molecule has 0 spiro atoms. The average Bonchev–Trinajstić information content (AvgIpc) is 2.78. The second kappa shape index (κ2) is 6.10. The number of fused-ring (bicyclic) bond motifs is 1. The lowest BCUT2D eigenvalue weighted by Gasteiger charge is -2.39. The number of halogens is 1. The maximum atomic E-state index is 13.3. The molecule has 1 amide bonds. The SMILES string of the molecule is CCOC1(C)C2C(=C=O)C(C)=C(C)C=C2C(=O)N1c1ccc(F)cc1. The van der Waals surface area contributed by atoms with Crippen molar-refractivity contribution in [2.45, 2.75) is 33.4 Å². The van der Waals surface area contributed by atoms with E-state index in [0.717, 1.165) is 11.1 Å². The molecule has 1 aromatic rings. The van der Waals surface area contributed by atoms with Crippen LogP contribution < -0.4 is 4.90 Å². The monoisotopic (exact) mass is 341 g/mol. The number of carbonyl (C=O) groups excluding carboxylic acids is 2. The van der Waals surface area contributed by atoms with Crippen molar-refractivity contribution >= 4 is 17.5 Å². The normalized spacial score (nSPS) is 25.9. The summed E-state index contributed by atoms with van der Waals surface area (Å²) in [6.45, 7) is 7.69. The summed E-state index contributed by atoms with van der Waals surface area (Å²) >= 11 is 0. The van der Waals surface area contributed by atoms with Gasteiger partial charge < -0.3 is 4.74 Å². The lowest BCUT2D eigenvalue weighted by Crippen LogP contribution is -2.50. The fourth-order valence-corrected chi connectivity index (χ4v) is 3.75. The fourth-order valence-electron chi connectivity index (χ4n) is 3.75. The second-order valence-corrected chi connectivity index (χ2v) is 6.46. The van der Waals surface area contributed by atoms with Gasteiger partial charge in [0.25, 0.3) is 5.91 Å². The Labute approximate surface area is 146 Å². The Morgan fingerprint density at radius 1 is 1.28 bits per heavy atom. The van der Waals surface area contributed by atoms with Crippen LogP contribution in [0.1, 0.15) is 27.7 Å². The second-order valence-electron chi connectivity index (χ2n) is 6.46. The molecule has 3 rings (SSSR count). The molecule has 1 saturated heterocycles. The van der Waals surface area contributed by atoms with Gasteiger partial charge in [0.1, 0.15) is 11.8 Å². The van der Waals surface area contributed by atoms with Gasteiger partial charge in [0.05, 0.1) is 11.5 Å². The summed E-state index contributed by atoms with van der Waals surface area (Å²) in [4.78, 5) is 26.3. The Morgan fingerprint density at radius 3 is 2.48 bits per heavy atom. The van der Waals surface area contributed by atoms with Gasteiger partial charge >= 0.3 is 0 Å². The zero-order valence-electron chi connectivity index (χ0n) is 14.7. The van der Waals surface area contributed by atoms with Crippen molar-refractivity contribution in [2.24, 2.45) is 5.92 Å². The van der Waals surface area contributed by atoms with Gasteiger partial charge in [-0.2, -0.15) is 0 Å². The molecule has 2 atom stereocenters. The van der Waals surface area contributed by atoms with Crippen molar-refractivity contribution < 1.29 is 18.7 Å². The zero-order chi connectivity index (χ0) is 18.4. The van der Waals surface area contributed by atoms with E-state index in [1.165, 1.54) is 17.0 Å². The maximum Gasteiger partial charge on any atom is 0.257 e. The van der Waals surface area contributed by atoms with Crippen molar-refractivity contribution in [2.75, 3.05) is 11.5 Å². The van der Waals surface area contributed by atoms with Crippen LogP contribution in [-0.2, 0) is 14.3 Å². The molecule has 0 N–H and O–H groups in total. The third kappa shape index (κ3) is 2.48. The van der Waals surface area contributed by atoms with E-state index in [4.69, 9.17) is 4.74 Å². The number of carbonyl (C=O) groups is 1. The molecule has 2 unspecified atom stereocenters. The number of hydrogen-bond acceptors (Lipinski definition) is 3. The van der Waals surface area contributed by atoms with Gasteiger partial charge in [-0.05, 0) is 69.2 Å². The van der Waals surface area contributed by atoms with E-state index in [1.807, 2.05) is 32.8 Å². The molecule has 1 aliphatic heterocycles. The number of rotatable bonds is 3. The highest BCUT2D eigenvalue weighted by Gasteiger charge is 2.57. The molecule has 0 saturated carbocycles. The summed E-state index contributed by atoms with van der Waals surface area (Å²) in [5, 5.41) is 0. The Balaban J connectivity index is 2.22. The smallest absolute Gasteiger partial charge is 0.257 e. The molecular formula is C20H20FNO3. The van der Waals surface area contributed by atoms with E-state index >= 15 is 0 Å². The number of hydrogen-bond donors (Lipinski definition) is 0. The first-order valence-corrected chi connectivity index (χ1v) is 8.23. The van der Waals surface area contributed by atoms with Crippen LogP contribution in [0.25, 0.3) is 0 Å². The van der Waals surface area contributed by atoms with Crippen LogP contribution in [0.3, 0.4) is 0 Å². The number of nitrogens with zero attached hydrogens (tertiary/aromatic N) is 1. The summed E-state index contributed by atoms with van der Waals surface area (Å²) < 4.78 is 19.3. The van der Waals surface area contributed by atoms with Crippen molar-refractivity contribution in [3.8, 4) is 0 Å². The van der Waals surface area contributed by atoms with E-state index in [0.29, 0.717) is 23.4 Å². The van der Waals surface area contributed by atoms with Gasteiger partial charge in [0.2, 0.25) is 0 Å². The van der Waals surface area contributed by atoms with E-state index in [-0.39, 0.29) is 11.7 Å². The Kier molecular flexibility index (Phi) is 4.23. The fraction of sp³-hybridized carbons (Fsp3) is 0.350. The molecular weight excluding hydrogens is 321 g/mol. The van der Waals surface area contributed by atoms with Crippen LogP contribution in [0.5, 0.6) is 0 Å². The van der Waals surface area contributed by atoms with Gasteiger partial charge in [-0.1, -0.05) is 0 Å². The summed E-state index contributed by atoms with van der Waals surface area (Å²) in [5.41, 5.74) is 2.05. The molecule has 2 aliphatic rings. The van der Waals surface area contributed by atoms with E-state index in [9.17, 15) is 14.0 Å². The lowest BCUT2D eigenvalue weighted by molar-refractivity contribution is -0.117. The van der Waals surface area contributed by atoms with Crippen LogP contribution in [-0.4, -0.2) is 24.2 Å². The number of allylic oxidation sites excluding steroid dienone is 3. The first kappa shape index (κ1) is 17.3. The average molecular weight is 341 g/mol. The summed E-state index contributed by atoms with van der Waals surface area (Å²) in [5.74, 6) is 0.858.